The molecular formula is C93H56BrN5S2. The van der Waals surface area contributed by atoms with Crippen LogP contribution >= 0.6 is 38.6 Å². The average molecular weight is 1390 g/mol. The Morgan fingerprint density at radius 1 is 0.267 bits per heavy atom. The van der Waals surface area contributed by atoms with Crippen LogP contribution in [0.4, 0.5) is 0 Å². The third-order valence-electron chi connectivity index (χ3n) is 20.2. The molecule has 0 bridgehead atoms. The Morgan fingerprint density at radius 3 is 1.32 bits per heavy atom. The van der Waals surface area contributed by atoms with E-state index in [1.165, 1.54) is 107 Å². The van der Waals surface area contributed by atoms with E-state index >= 15 is 0 Å². The first-order chi connectivity index (χ1) is 50.0. The van der Waals surface area contributed by atoms with Crippen molar-refractivity contribution in [2.45, 2.75) is 6.42 Å². The second-order valence-corrected chi connectivity index (χ2v) is 29.0. The summed E-state index contributed by atoms with van der Waals surface area (Å²) >= 11 is 7.14. The third-order valence-corrected chi connectivity index (χ3v) is 23.0. The molecule has 0 atom stereocenters. The van der Waals surface area contributed by atoms with Crippen LogP contribution in [0.2, 0.25) is 0 Å². The predicted molar refractivity (Wildman–Crippen MR) is 433 cm³/mol. The molecule has 0 radical (unpaired) electrons. The maximum atomic E-state index is 5.51. The molecule has 1 aliphatic rings. The molecule has 0 aliphatic heterocycles. The van der Waals surface area contributed by atoms with Gasteiger partial charge >= 0.3 is 0 Å². The van der Waals surface area contributed by atoms with Crippen LogP contribution in [0.25, 0.3) is 189 Å². The fourth-order valence-electron chi connectivity index (χ4n) is 15.4. The lowest BCUT2D eigenvalue weighted by Crippen LogP contribution is -1.99. The molecule has 0 fully saturated rings. The molecule has 5 nitrogen and oxygen atoms in total. The Kier molecular flexibility index (Phi) is 14.1. The van der Waals surface area contributed by atoms with Crippen molar-refractivity contribution in [1.82, 2.24) is 24.5 Å². The van der Waals surface area contributed by atoms with Crippen molar-refractivity contribution < 1.29 is 0 Å². The molecule has 5 aromatic heterocycles. The monoisotopic (exact) mass is 1390 g/mol. The van der Waals surface area contributed by atoms with Gasteiger partial charge in [0, 0.05) is 63.1 Å². The van der Waals surface area contributed by atoms with Crippen molar-refractivity contribution in [1.29, 1.82) is 0 Å². The van der Waals surface area contributed by atoms with E-state index in [0.29, 0.717) is 0 Å². The fourth-order valence-corrected chi connectivity index (χ4v) is 17.9. The van der Waals surface area contributed by atoms with Crippen LogP contribution in [0.3, 0.4) is 0 Å². The van der Waals surface area contributed by atoms with Crippen molar-refractivity contribution in [2.75, 3.05) is 0 Å². The largest absolute Gasteiger partial charge is 0.309 e. The van der Waals surface area contributed by atoms with Gasteiger partial charge in [-0.3, -0.25) is 0 Å². The first kappa shape index (κ1) is 59.1. The van der Waals surface area contributed by atoms with Crippen LogP contribution in [0.1, 0.15) is 11.1 Å². The van der Waals surface area contributed by atoms with Crippen molar-refractivity contribution >= 4 is 166 Å². The van der Waals surface area contributed by atoms with E-state index in [0.717, 1.165) is 104 Å². The maximum Gasteiger partial charge on any atom is 0.143 e. The van der Waals surface area contributed by atoms with Crippen molar-refractivity contribution in [2.24, 2.45) is 0 Å². The topological polar surface area (TPSA) is 56.5 Å². The molecule has 0 saturated carbocycles. The number of aromatic nitrogens is 5. The van der Waals surface area contributed by atoms with E-state index in [2.05, 4.69) is 348 Å². The van der Waals surface area contributed by atoms with Gasteiger partial charge in [-0.25, -0.2) is 19.9 Å². The first-order valence-corrected chi connectivity index (χ1v) is 36.5. The summed E-state index contributed by atoms with van der Waals surface area (Å²) in [6.07, 6.45) is 1.08. The molecule has 16 aromatic carbocycles. The zero-order valence-electron chi connectivity index (χ0n) is 54.3. The van der Waals surface area contributed by atoms with Crippen LogP contribution in [0, 0.1) is 0 Å². The number of fused-ring (bicyclic) bond motifs is 18. The Morgan fingerprint density at radius 2 is 0.713 bits per heavy atom. The van der Waals surface area contributed by atoms with E-state index in [4.69, 9.17) is 19.9 Å². The molecule has 1 aliphatic carbocycles. The highest BCUT2D eigenvalue weighted by molar-refractivity contribution is 9.10. The molecule has 5 heterocycles. The molecule has 8 heteroatoms. The lowest BCUT2D eigenvalue weighted by atomic mass is 9.96. The highest BCUT2D eigenvalue weighted by Crippen LogP contribution is 2.46. The molecule has 472 valence electrons. The number of thiophene rings is 2. The average Bonchev–Trinajstić information content (AvgIpc) is 1.81. The van der Waals surface area contributed by atoms with Gasteiger partial charge in [-0.2, -0.15) is 0 Å². The van der Waals surface area contributed by atoms with Gasteiger partial charge in [0.05, 0.1) is 39.5 Å². The summed E-state index contributed by atoms with van der Waals surface area (Å²) in [5, 5.41) is 19.4. The molecule has 101 heavy (non-hydrogen) atoms. The summed E-state index contributed by atoms with van der Waals surface area (Å²) in [5.74, 6) is 0. The molecule has 0 spiro atoms. The number of benzene rings is 16. The Labute approximate surface area is 597 Å². The SMILES string of the molecule is Brc1ccc(-c2nc3c(nc2-c2ccc4ccccc4c2)sc2ccccc23)c2ccccc12.c1ccc2c(c1)Cc1cc3ccccc3cc1-2.c1ccc2cc(-c3nc4sc5ccccc5c4nc3-c3ccc(-n4c5ccccc5c5cc6ccccc6cc54)c4ccccc34)ccc2c1. The molecule has 0 unspecified atom stereocenters. The van der Waals surface area contributed by atoms with Gasteiger partial charge in [0.2, 0.25) is 0 Å². The summed E-state index contributed by atoms with van der Waals surface area (Å²) < 4.78 is 5.92. The maximum absolute atomic E-state index is 5.51. The summed E-state index contributed by atoms with van der Waals surface area (Å²) in [7, 11) is 0. The minimum Gasteiger partial charge on any atom is -0.309 e. The highest BCUT2D eigenvalue weighted by atomic mass is 79.9. The van der Waals surface area contributed by atoms with Gasteiger partial charge in [0.15, 0.2) is 0 Å². The normalized spacial score (nSPS) is 12.0. The third kappa shape index (κ3) is 10.1. The van der Waals surface area contributed by atoms with E-state index in [9.17, 15) is 0 Å². The van der Waals surface area contributed by atoms with Crippen LogP contribution in [0.5, 0.6) is 0 Å². The number of rotatable bonds is 5. The molecule has 0 amide bonds. The second kappa shape index (κ2) is 24.2. The van der Waals surface area contributed by atoms with Gasteiger partial charge in [0.25, 0.3) is 0 Å². The Balaban J connectivity index is 0.000000115. The highest BCUT2D eigenvalue weighted by Gasteiger charge is 2.24. The number of hydrogen-bond acceptors (Lipinski definition) is 6. The van der Waals surface area contributed by atoms with Crippen LogP contribution in [0.15, 0.2) is 332 Å². The summed E-state index contributed by atoms with van der Waals surface area (Å²) in [6, 6.07) is 117. The standard InChI is InChI=1S/C46H27N3S.C30H17BrN2S.C17H12/c1-2-12-29-25-32(22-21-28(29)11-1)43-44(47-45-37-18-8-10-20-42(37)50-46(45)48-43)36-23-24-40(34-16-6-5-15-33(34)36)49-39-19-9-7-17-35(39)38-26-30-13-3-4-14-31(30)27-41(38)49;31-25-16-15-23(21-9-3-4-10-22(21)25)28-27(20-14-13-18-7-1-2-8-19(18)17-20)33-30-29(32-28)24-11-5-6-12-26(24)34-30;1-2-6-13-11-17-15(9-12(13)5-1)10-14-7-3-4-8-16(14)17/h1-27H;1-17H;1-9,11H,10H2. The summed E-state index contributed by atoms with van der Waals surface area (Å²) in [4.78, 5) is 23.4. The lowest BCUT2D eigenvalue weighted by molar-refractivity contribution is 1.20. The van der Waals surface area contributed by atoms with E-state index < -0.39 is 0 Å². The van der Waals surface area contributed by atoms with E-state index in [1.54, 1.807) is 22.7 Å². The zero-order chi connectivity index (χ0) is 66.7. The van der Waals surface area contributed by atoms with Gasteiger partial charge in [-0.05, 0) is 155 Å². The van der Waals surface area contributed by atoms with Crippen LogP contribution in [-0.4, -0.2) is 24.5 Å². The number of nitrogens with zero attached hydrogens (tertiary/aromatic N) is 5. The molecule has 0 N–H and O–H groups in total. The smallest absolute Gasteiger partial charge is 0.143 e. The van der Waals surface area contributed by atoms with Gasteiger partial charge in [0.1, 0.15) is 20.7 Å². The molecule has 0 saturated heterocycles. The zero-order valence-corrected chi connectivity index (χ0v) is 57.5. The second-order valence-electron chi connectivity index (χ2n) is 26.0. The minimum absolute atomic E-state index is 0.896. The number of halogens is 1. The van der Waals surface area contributed by atoms with Crippen LogP contribution in [-0.2, 0) is 6.42 Å². The van der Waals surface area contributed by atoms with Crippen molar-refractivity contribution in [3.63, 3.8) is 0 Å². The number of hydrogen-bond donors (Lipinski definition) is 0. The Hall–Kier alpha value is -12.0. The van der Waals surface area contributed by atoms with Crippen molar-refractivity contribution in [3.8, 4) is 61.8 Å². The quantitative estimate of drug-likeness (QED) is 0.172. The minimum atomic E-state index is 0.896. The van der Waals surface area contributed by atoms with Gasteiger partial charge in [-0.1, -0.05) is 277 Å². The molecular weight excluding hydrogens is 1330 g/mol. The molecule has 21 aromatic rings. The summed E-state index contributed by atoms with van der Waals surface area (Å²) in [6.45, 7) is 0. The van der Waals surface area contributed by atoms with Crippen molar-refractivity contribution in [3.05, 3.63) is 343 Å². The first-order valence-electron chi connectivity index (χ1n) is 34.1. The van der Waals surface area contributed by atoms with E-state index in [1.807, 2.05) is 0 Å². The lowest BCUT2D eigenvalue weighted by Gasteiger charge is -2.16. The molecule has 22 rings (SSSR count). The summed E-state index contributed by atoms with van der Waals surface area (Å²) in [5.41, 5.74) is 19.1. The Bertz CT molecular complexity index is 6980. The van der Waals surface area contributed by atoms with E-state index in [-0.39, 0.29) is 0 Å². The van der Waals surface area contributed by atoms with Gasteiger partial charge in [-0.15, -0.1) is 22.7 Å². The van der Waals surface area contributed by atoms with Crippen LogP contribution < -0.4 is 0 Å². The fraction of sp³-hybridized carbons (Fsp3) is 0.0108. The predicted octanol–water partition coefficient (Wildman–Crippen LogP) is 26.4. The van der Waals surface area contributed by atoms with Gasteiger partial charge < -0.3 is 4.57 Å². The number of para-hydroxylation sites is 1.